The second-order valence-corrected chi connectivity index (χ2v) is 19.3. The Hall–Kier alpha value is -2.64. The molecular weight excluding hydrogens is 771 g/mol. The Morgan fingerprint density at radius 1 is 0.413 bits per heavy atom. The monoisotopic (exact) mass is 871 g/mol. The van der Waals surface area contributed by atoms with Crippen LogP contribution in [0.5, 0.6) is 5.75 Å². The third-order valence-electron chi connectivity index (χ3n) is 13.7. The van der Waals surface area contributed by atoms with Crippen molar-refractivity contribution in [3.63, 3.8) is 0 Å². The third-order valence-corrected chi connectivity index (χ3v) is 13.7. The van der Waals surface area contributed by atoms with Crippen LogP contribution in [0.25, 0.3) is 22.3 Å². The quantitative estimate of drug-likeness (QED) is 0.0539. The SMILES string of the molecule is CCCC[N+](CCCC)(CCCC)CCCC.CCCC[N+](CCCC)(CCCC)CCCC.Cc1cc(C)c(-c2cc(-c3c(C)cc(C)c(C)c3C)ccc2OB([O-])[O-])c(C)c1. The number of hydrogen-bond donors (Lipinski definition) is 0. The number of nitrogens with zero attached hydrogens (tertiary/aromatic N) is 2. The van der Waals surface area contributed by atoms with Gasteiger partial charge in [-0.25, -0.2) is 0 Å². The van der Waals surface area contributed by atoms with E-state index in [1.54, 1.807) is 6.07 Å². The highest BCUT2D eigenvalue weighted by molar-refractivity contribution is 6.29. The van der Waals surface area contributed by atoms with Gasteiger partial charge in [-0.15, -0.1) is 0 Å². The number of unbranched alkanes of at least 4 members (excludes halogenated alkanes) is 8. The molecule has 0 aliphatic rings. The first-order valence-corrected chi connectivity index (χ1v) is 26.1. The highest BCUT2D eigenvalue weighted by atomic mass is 16.6. The van der Waals surface area contributed by atoms with E-state index >= 15 is 0 Å². The average molecular weight is 871 g/mol. The number of quaternary nitrogens is 2. The van der Waals surface area contributed by atoms with Crippen LogP contribution in [0.4, 0.5) is 0 Å². The molecule has 0 radical (unpaired) electrons. The van der Waals surface area contributed by atoms with Crippen LogP contribution in [0.1, 0.15) is 197 Å². The van der Waals surface area contributed by atoms with Crippen LogP contribution in [0.15, 0.2) is 36.4 Å². The van der Waals surface area contributed by atoms with E-state index < -0.39 is 7.32 Å². The maximum Gasteiger partial charge on any atom is 0.133 e. The zero-order chi connectivity index (χ0) is 47.4. The lowest BCUT2D eigenvalue weighted by Gasteiger charge is -2.39. The van der Waals surface area contributed by atoms with Gasteiger partial charge in [-0.3, -0.25) is 0 Å². The van der Waals surface area contributed by atoms with Crippen LogP contribution in [-0.2, 0) is 0 Å². The summed E-state index contributed by atoms with van der Waals surface area (Å²) in [6, 6.07) is 12.2. The summed E-state index contributed by atoms with van der Waals surface area (Å²) < 4.78 is 7.96. The van der Waals surface area contributed by atoms with Gasteiger partial charge in [-0.2, -0.15) is 0 Å². The van der Waals surface area contributed by atoms with Crippen LogP contribution in [0.2, 0.25) is 0 Å². The van der Waals surface area contributed by atoms with Crippen molar-refractivity contribution in [3.05, 3.63) is 75.3 Å². The molecule has 0 N–H and O–H groups in total. The molecule has 0 bridgehead atoms. The van der Waals surface area contributed by atoms with Crippen molar-refractivity contribution >= 4 is 7.32 Å². The predicted molar refractivity (Wildman–Crippen MR) is 276 cm³/mol. The predicted octanol–water partition coefficient (Wildman–Crippen LogP) is 14.3. The smallest absolute Gasteiger partial charge is 0.133 e. The van der Waals surface area contributed by atoms with Gasteiger partial charge >= 0.3 is 0 Å². The highest BCUT2D eigenvalue weighted by Gasteiger charge is 2.26. The number of aryl methyl sites for hydroxylation is 5. The van der Waals surface area contributed by atoms with Crippen LogP contribution in [-0.4, -0.2) is 68.6 Å². The summed E-state index contributed by atoms with van der Waals surface area (Å²) in [7, 11) is -2.37. The maximum absolute atomic E-state index is 11.3. The zero-order valence-electron chi connectivity index (χ0n) is 44.1. The molecule has 0 aliphatic carbocycles. The molecule has 0 heterocycles. The van der Waals surface area contributed by atoms with Gasteiger partial charge in [0.05, 0.1) is 52.4 Å². The molecule has 0 spiro atoms. The van der Waals surface area contributed by atoms with Crippen molar-refractivity contribution in [2.45, 2.75) is 207 Å². The summed E-state index contributed by atoms with van der Waals surface area (Å²) >= 11 is 0. The molecule has 0 aromatic heterocycles. The molecule has 6 heteroatoms. The fraction of sp³-hybridized carbons (Fsp3) is 0.684. The lowest BCUT2D eigenvalue weighted by Crippen LogP contribution is -2.50. The summed E-state index contributed by atoms with van der Waals surface area (Å²) in [4.78, 5) is 0. The van der Waals surface area contributed by atoms with Crippen LogP contribution < -0.4 is 14.7 Å². The molecule has 0 saturated carbocycles. The largest absolute Gasteiger partial charge is 0.860 e. The topological polar surface area (TPSA) is 55.3 Å². The molecule has 3 aromatic carbocycles. The first-order chi connectivity index (χ1) is 30.1. The molecule has 0 atom stereocenters. The fourth-order valence-electron chi connectivity index (χ4n) is 9.71. The molecule has 0 fully saturated rings. The Bertz CT molecular complexity index is 1550. The van der Waals surface area contributed by atoms with Crippen molar-refractivity contribution in [1.29, 1.82) is 0 Å². The highest BCUT2D eigenvalue weighted by Crippen LogP contribution is 2.40. The van der Waals surface area contributed by atoms with Gasteiger partial charge in [0.15, 0.2) is 0 Å². The third kappa shape index (κ3) is 20.2. The van der Waals surface area contributed by atoms with Gasteiger partial charge in [0.1, 0.15) is 13.1 Å². The second-order valence-electron chi connectivity index (χ2n) is 19.3. The molecule has 358 valence electrons. The van der Waals surface area contributed by atoms with E-state index in [2.05, 4.69) is 108 Å². The van der Waals surface area contributed by atoms with E-state index in [9.17, 15) is 10.0 Å². The minimum Gasteiger partial charge on any atom is -0.860 e. The van der Waals surface area contributed by atoms with Gasteiger partial charge in [-0.1, -0.05) is 137 Å². The number of rotatable bonds is 28. The van der Waals surface area contributed by atoms with Crippen molar-refractivity contribution < 1.29 is 23.7 Å². The minimum atomic E-state index is -2.37. The molecule has 3 aromatic rings. The standard InChI is InChI=1S/C25H27BO3.2C16H36N/c1-14-10-16(3)24(17(4)11-14)22-13-21(8-9-23(22)29-26(27)28)25-18(5)12-15(2)19(6)20(25)7;2*1-5-9-13-17(14-10-6-2,15-11-7-3)16-12-8-4/h8-13H,1-7H3;2*5-16H2,1-4H3/q-2;2*+1. The van der Waals surface area contributed by atoms with Crippen LogP contribution in [0.3, 0.4) is 0 Å². The van der Waals surface area contributed by atoms with Gasteiger partial charge in [0.2, 0.25) is 0 Å². The lowest BCUT2D eigenvalue weighted by molar-refractivity contribution is -0.929. The van der Waals surface area contributed by atoms with Crippen LogP contribution in [0, 0.1) is 48.5 Å². The average Bonchev–Trinajstić information content (AvgIpc) is 3.25. The van der Waals surface area contributed by atoms with E-state index in [0.29, 0.717) is 5.75 Å². The van der Waals surface area contributed by atoms with Gasteiger partial charge < -0.3 is 23.7 Å². The molecule has 0 unspecified atom stereocenters. The van der Waals surface area contributed by atoms with E-state index in [4.69, 9.17) is 4.65 Å². The first kappa shape index (κ1) is 58.4. The van der Waals surface area contributed by atoms with E-state index in [-0.39, 0.29) is 0 Å². The minimum absolute atomic E-state index is 0.331. The Kier molecular flexibility index (Phi) is 29.8. The summed E-state index contributed by atoms with van der Waals surface area (Å²) in [6.07, 6.45) is 22.1. The normalized spacial score (nSPS) is 11.5. The molecule has 0 aliphatic heterocycles. The Labute approximate surface area is 391 Å². The molecule has 0 saturated heterocycles. The summed E-state index contributed by atoms with van der Waals surface area (Å²) in [5.74, 6) is 0.331. The summed E-state index contributed by atoms with van der Waals surface area (Å²) in [6.45, 7) is 44.7. The number of benzene rings is 3. The Morgan fingerprint density at radius 3 is 1.06 bits per heavy atom. The van der Waals surface area contributed by atoms with E-state index in [1.807, 2.05) is 26.0 Å². The lowest BCUT2D eigenvalue weighted by atomic mass is 9.87. The molecule has 5 nitrogen and oxygen atoms in total. The van der Waals surface area contributed by atoms with Gasteiger partial charge in [0, 0.05) is 5.56 Å². The zero-order valence-corrected chi connectivity index (χ0v) is 44.1. The van der Waals surface area contributed by atoms with E-state index in [1.165, 1.54) is 197 Å². The van der Waals surface area contributed by atoms with Crippen molar-refractivity contribution in [1.82, 2.24) is 0 Å². The number of hydrogen-bond acceptors (Lipinski definition) is 3. The van der Waals surface area contributed by atoms with Crippen molar-refractivity contribution in [2.75, 3.05) is 52.4 Å². The molecular formula is C57H99BN2O3. The maximum atomic E-state index is 11.3. The fourth-order valence-corrected chi connectivity index (χ4v) is 9.71. The summed E-state index contributed by atoms with van der Waals surface area (Å²) in [5.41, 5.74) is 12.4. The van der Waals surface area contributed by atoms with Gasteiger partial charge in [-0.05, 0) is 162 Å². The first-order valence-electron chi connectivity index (χ1n) is 26.1. The Balaban J connectivity index is 0.000000506. The van der Waals surface area contributed by atoms with E-state index in [0.717, 1.165) is 27.8 Å². The van der Waals surface area contributed by atoms with Gasteiger partial charge in [0.25, 0.3) is 0 Å². The Morgan fingerprint density at radius 2 is 0.746 bits per heavy atom. The van der Waals surface area contributed by atoms with Crippen molar-refractivity contribution in [2.24, 2.45) is 0 Å². The molecule has 3 rings (SSSR count). The molecule has 63 heavy (non-hydrogen) atoms. The second kappa shape index (κ2) is 32.1. The van der Waals surface area contributed by atoms with Crippen molar-refractivity contribution in [3.8, 4) is 28.0 Å². The summed E-state index contributed by atoms with van der Waals surface area (Å²) in [5, 5.41) is 22.5. The molecule has 0 amide bonds. The van der Waals surface area contributed by atoms with Crippen LogP contribution >= 0.6 is 0 Å².